The molecule has 0 heterocycles. The predicted octanol–water partition coefficient (Wildman–Crippen LogP) is 3.17. The Kier molecular flexibility index (Phi) is 6.76. The first-order chi connectivity index (χ1) is 10.2. The number of hydrogen-bond donors (Lipinski definition) is 3. The van der Waals surface area contributed by atoms with Crippen molar-refractivity contribution in [2.45, 2.75) is 25.6 Å². The van der Waals surface area contributed by atoms with Crippen molar-refractivity contribution >= 4 is 23.3 Å². The number of halogens is 4. The molecule has 0 spiro atoms. The maximum atomic E-state index is 12.2. The smallest absolute Gasteiger partial charge is 0.422 e. The number of benzene rings is 1. The van der Waals surface area contributed by atoms with Crippen LogP contribution in [0.2, 0.25) is 5.02 Å². The van der Waals surface area contributed by atoms with Gasteiger partial charge in [0.1, 0.15) is 5.75 Å². The van der Waals surface area contributed by atoms with Gasteiger partial charge in [0.15, 0.2) is 6.61 Å². The molecule has 0 aromatic heterocycles. The number of carbonyl (C=O) groups excluding carboxylic acids is 1. The van der Waals surface area contributed by atoms with E-state index in [0.717, 1.165) is 0 Å². The highest BCUT2D eigenvalue weighted by molar-refractivity contribution is 6.31. The van der Waals surface area contributed by atoms with Gasteiger partial charge in [-0.2, -0.15) is 13.2 Å². The first kappa shape index (κ1) is 18.4. The standard InChI is InChI=1S/C13H16ClF3N2O3/c1-8(4-5-20)18-12(21)19-10-6-9(14)2-3-11(10)22-7-13(15,16)17/h2-3,6,8,20H,4-5,7H2,1H3,(H2,18,19,21)/t8-/m1/s1. The van der Waals surface area contributed by atoms with E-state index in [1.807, 2.05) is 0 Å². The zero-order valence-electron chi connectivity index (χ0n) is 11.7. The lowest BCUT2D eigenvalue weighted by Gasteiger charge is -2.16. The van der Waals surface area contributed by atoms with Crippen LogP contribution in [0.1, 0.15) is 13.3 Å². The summed E-state index contributed by atoms with van der Waals surface area (Å²) in [5, 5.41) is 13.9. The van der Waals surface area contributed by atoms with Crippen molar-refractivity contribution in [1.82, 2.24) is 5.32 Å². The highest BCUT2D eigenvalue weighted by Crippen LogP contribution is 2.29. The van der Waals surface area contributed by atoms with Gasteiger partial charge in [0.2, 0.25) is 0 Å². The summed E-state index contributed by atoms with van der Waals surface area (Å²) in [6, 6.07) is 2.93. The van der Waals surface area contributed by atoms with Crippen LogP contribution in [0.25, 0.3) is 0 Å². The lowest BCUT2D eigenvalue weighted by molar-refractivity contribution is -0.153. The fraction of sp³-hybridized carbons (Fsp3) is 0.462. The van der Waals surface area contributed by atoms with Gasteiger partial charge < -0.3 is 20.5 Å². The van der Waals surface area contributed by atoms with Crippen molar-refractivity contribution in [3.05, 3.63) is 23.2 Å². The molecule has 124 valence electrons. The Morgan fingerprint density at radius 3 is 2.73 bits per heavy atom. The molecule has 22 heavy (non-hydrogen) atoms. The van der Waals surface area contributed by atoms with Crippen molar-refractivity contribution in [3.63, 3.8) is 0 Å². The minimum atomic E-state index is -4.49. The van der Waals surface area contributed by atoms with Crippen LogP contribution >= 0.6 is 11.6 Å². The second-order valence-electron chi connectivity index (χ2n) is 4.56. The fourth-order valence-corrected chi connectivity index (χ4v) is 1.71. The monoisotopic (exact) mass is 340 g/mol. The van der Waals surface area contributed by atoms with Gasteiger partial charge in [-0.1, -0.05) is 11.6 Å². The molecule has 0 bridgehead atoms. The Balaban J connectivity index is 2.75. The molecule has 0 fully saturated rings. The van der Waals surface area contributed by atoms with Crippen molar-refractivity contribution in [3.8, 4) is 5.75 Å². The summed E-state index contributed by atoms with van der Waals surface area (Å²) in [4.78, 5) is 11.7. The molecular formula is C13H16ClF3N2O3. The topological polar surface area (TPSA) is 70.6 Å². The van der Waals surface area contributed by atoms with Crippen molar-refractivity contribution in [1.29, 1.82) is 0 Å². The summed E-state index contributed by atoms with van der Waals surface area (Å²) in [7, 11) is 0. The third-order valence-corrected chi connectivity index (χ3v) is 2.76. The van der Waals surface area contributed by atoms with E-state index >= 15 is 0 Å². The average Bonchev–Trinajstić information content (AvgIpc) is 2.36. The lowest BCUT2D eigenvalue weighted by Crippen LogP contribution is -2.36. The van der Waals surface area contributed by atoms with E-state index in [4.69, 9.17) is 16.7 Å². The van der Waals surface area contributed by atoms with Crippen molar-refractivity contribution in [2.24, 2.45) is 0 Å². The Labute approximate surface area is 130 Å². The van der Waals surface area contributed by atoms with E-state index in [2.05, 4.69) is 15.4 Å². The number of hydrogen-bond acceptors (Lipinski definition) is 3. The molecule has 0 radical (unpaired) electrons. The molecule has 9 heteroatoms. The van der Waals surface area contributed by atoms with Crippen LogP contribution in [0, 0.1) is 0 Å². The van der Waals surface area contributed by atoms with Gasteiger partial charge in [-0.3, -0.25) is 0 Å². The van der Waals surface area contributed by atoms with Gasteiger partial charge in [0.25, 0.3) is 0 Å². The van der Waals surface area contributed by atoms with E-state index in [9.17, 15) is 18.0 Å². The number of anilines is 1. The highest BCUT2D eigenvalue weighted by atomic mass is 35.5. The third kappa shape index (κ3) is 6.86. The molecule has 0 unspecified atom stereocenters. The molecule has 0 saturated carbocycles. The number of amides is 2. The van der Waals surface area contributed by atoms with E-state index in [0.29, 0.717) is 6.42 Å². The number of carbonyl (C=O) groups is 1. The first-order valence-electron chi connectivity index (χ1n) is 6.38. The van der Waals surface area contributed by atoms with Crippen molar-refractivity contribution < 1.29 is 27.8 Å². The molecule has 0 aliphatic carbocycles. The van der Waals surface area contributed by atoms with Crippen molar-refractivity contribution in [2.75, 3.05) is 18.5 Å². The fourth-order valence-electron chi connectivity index (χ4n) is 1.53. The van der Waals surface area contributed by atoms with E-state index in [1.54, 1.807) is 6.92 Å². The number of aliphatic hydroxyl groups is 1. The summed E-state index contributed by atoms with van der Waals surface area (Å²) < 4.78 is 41.2. The van der Waals surface area contributed by atoms with E-state index in [-0.39, 0.29) is 29.1 Å². The Bertz CT molecular complexity index is 512. The summed E-state index contributed by atoms with van der Waals surface area (Å²) in [6.07, 6.45) is -4.14. The maximum absolute atomic E-state index is 12.2. The second-order valence-corrected chi connectivity index (χ2v) is 4.99. The number of ether oxygens (including phenoxy) is 1. The van der Waals surface area contributed by atoms with Crippen LogP contribution in [0.15, 0.2) is 18.2 Å². The number of aliphatic hydroxyl groups excluding tert-OH is 1. The average molecular weight is 341 g/mol. The Morgan fingerprint density at radius 1 is 1.45 bits per heavy atom. The molecule has 0 aliphatic rings. The quantitative estimate of drug-likeness (QED) is 0.745. The van der Waals surface area contributed by atoms with Gasteiger partial charge in [0, 0.05) is 17.7 Å². The summed E-state index contributed by atoms with van der Waals surface area (Å²) in [6.45, 7) is 0.0965. The van der Waals surface area contributed by atoms with Crippen LogP contribution in [-0.4, -0.2) is 36.6 Å². The molecule has 1 rings (SSSR count). The lowest BCUT2D eigenvalue weighted by atomic mass is 10.2. The van der Waals surface area contributed by atoms with Crippen LogP contribution < -0.4 is 15.4 Å². The molecule has 2 amide bonds. The second kappa shape index (κ2) is 8.09. The third-order valence-electron chi connectivity index (χ3n) is 2.52. The predicted molar refractivity (Wildman–Crippen MR) is 76.3 cm³/mol. The molecule has 3 N–H and O–H groups in total. The first-order valence-corrected chi connectivity index (χ1v) is 6.76. The Morgan fingerprint density at radius 2 is 2.14 bits per heavy atom. The number of nitrogens with one attached hydrogen (secondary N) is 2. The minimum absolute atomic E-state index is 0.0189. The van der Waals surface area contributed by atoms with Crippen LogP contribution in [-0.2, 0) is 0 Å². The zero-order valence-corrected chi connectivity index (χ0v) is 12.5. The summed E-state index contributed by atoms with van der Waals surface area (Å²) >= 11 is 5.76. The van der Waals surface area contributed by atoms with Gasteiger partial charge in [-0.15, -0.1) is 0 Å². The molecule has 1 aromatic rings. The molecular weight excluding hydrogens is 325 g/mol. The number of alkyl halides is 3. The SMILES string of the molecule is C[C@H](CCO)NC(=O)Nc1cc(Cl)ccc1OCC(F)(F)F. The molecule has 0 saturated heterocycles. The van der Waals surface area contributed by atoms with Gasteiger partial charge in [-0.25, -0.2) is 4.79 Å². The molecule has 1 atom stereocenters. The highest BCUT2D eigenvalue weighted by Gasteiger charge is 2.29. The maximum Gasteiger partial charge on any atom is 0.422 e. The number of urea groups is 1. The van der Waals surface area contributed by atoms with Crippen LogP contribution in [0.4, 0.5) is 23.7 Å². The van der Waals surface area contributed by atoms with Crippen LogP contribution in [0.5, 0.6) is 5.75 Å². The van der Waals surface area contributed by atoms with Gasteiger partial charge in [-0.05, 0) is 31.5 Å². The van der Waals surface area contributed by atoms with E-state index in [1.165, 1.54) is 18.2 Å². The Hall–Kier alpha value is -1.67. The van der Waals surface area contributed by atoms with Crippen LogP contribution in [0.3, 0.4) is 0 Å². The summed E-state index contributed by atoms with van der Waals surface area (Å²) in [5.74, 6) is -0.147. The van der Waals surface area contributed by atoms with E-state index < -0.39 is 18.8 Å². The zero-order chi connectivity index (χ0) is 16.8. The molecule has 5 nitrogen and oxygen atoms in total. The van der Waals surface area contributed by atoms with Gasteiger partial charge >= 0.3 is 12.2 Å². The minimum Gasteiger partial charge on any atom is -0.482 e. The molecule has 1 aromatic carbocycles. The summed E-state index contributed by atoms with van der Waals surface area (Å²) in [5.41, 5.74) is 0.0189. The molecule has 0 aliphatic heterocycles. The number of rotatable bonds is 6. The largest absolute Gasteiger partial charge is 0.482 e. The normalized spacial score (nSPS) is 12.6. The van der Waals surface area contributed by atoms with Gasteiger partial charge in [0.05, 0.1) is 5.69 Å².